The molecule has 0 radical (unpaired) electrons. The van der Waals surface area contributed by atoms with Crippen LogP contribution in [0.4, 0.5) is 0 Å². The van der Waals surface area contributed by atoms with E-state index >= 15 is 0 Å². The topological polar surface area (TPSA) is 50.9 Å². The van der Waals surface area contributed by atoms with Crippen LogP contribution in [0.15, 0.2) is 71.9 Å². The van der Waals surface area contributed by atoms with Gasteiger partial charge in [-0.1, -0.05) is 36.4 Å². The summed E-state index contributed by atoms with van der Waals surface area (Å²) in [5.74, 6) is 6.65. The predicted molar refractivity (Wildman–Crippen MR) is 89.0 cm³/mol. The summed E-state index contributed by atoms with van der Waals surface area (Å²) in [5, 5.41) is 2.34. The monoisotopic (exact) mass is 295 g/mol. The summed E-state index contributed by atoms with van der Waals surface area (Å²) in [6.07, 6.45) is 3.72. The molecule has 3 N–H and O–H groups in total. The van der Waals surface area contributed by atoms with E-state index < -0.39 is 0 Å². The molecular formula is C17H17N3S. The zero-order valence-corrected chi connectivity index (χ0v) is 12.4. The van der Waals surface area contributed by atoms with E-state index in [1.165, 1.54) is 15.8 Å². The molecular weight excluding hydrogens is 278 g/mol. The molecule has 4 heteroatoms. The van der Waals surface area contributed by atoms with E-state index in [-0.39, 0.29) is 6.04 Å². The number of hydrogen-bond acceptors (Lipinski definition) is 4. The van der Waals surface area contributed by atoms with E-state index in [4.69, 9.17) is 5.84 Å². The highest BCUT2D eigenvalue weighted by Gasteiger charge is 2.13. The number of hydrogen-bond donors (Lipinski definition) is 2. The first kappa shape index (κ1) is 14.1. The van der Waals surface area contributed by atoms with E-state index in [1.54, 1.807) is 11.8 Å². The van der Waals surface area contributed by atoms with Crippen LogP contribution in [-0.4, -0.2) is 10.7 Å². The Morgan fingerprint density at radius 3 is 2.71 bits per heavy atom. The SMILES string of the molecule is NNC(CSc1ccccc1)c1cccc2ccncc12. The van der Waals surface area contributed by atoms with Crippen molar-refractivity contribution < 1.29 is 0 Å². The van der Waals surface area contributed by atoms with Gasteiger partial charge in [-0.2, -0.15) is 0 Å². The van der Waals surface area contributed by atoms with E-state index in [9.17, 15) is 0 Å². The largest absolute Gasteiger partial charge is 0.271 e. The lowest BCUT2D eigenvalue weighted by Gasteiger charge is -2.18. The third-order valence-electron chi connectivity index (χ3n) is 3.45. The Bertz CT molecular complexity index is 710. The molecule has 21 heavy (non-hydrogen) atoms. The molecule has 0 aliphatic heterocycles. The number of pyridine rings is 1. The number of nitrogens with two attached hydrogens (primary N) is 1. The summed E-state index contributed by atoms with van der Waals surface area (Å²) in [7, 11) is 0. The fraction of sp³-hybridized carbons (Fsp3) is 0.118. The maximum Gasteiger partial charge on any atom is 0.0560 e. The highest BCUT2D eigenvalue weighted by Crippen LogP contribution is 2.28. The summed E-state index contributed by atoms with van der Waals surface area (Å²) >= 11 is 1.79. The van der Waals surface area contributed by atoms with Crippen molar-refractivity contribution in [3.63, 3.8) is 0 Å². The Hall–Kier alpha value is -1.88. The van der Waals surface area contributed by atoms with Gasteiger partial charge in [0.25, 0.3) is 0 Å². The van der Waals surface area contributed by atoms with Gasteiger partial charge in [0.1, 0.15) is 0 Å². The molecule has 0 amide bonds. The van der Waals surface area contributed by atoms with Gasteiger partial charge in [0, 0.05) is 28.4 Å². The van der Waals surface area contributed by atoms with Crippen molar-refractivity contribution >= 4 is 22.5 Å². The molecule has 0 saturated heterocycles. The molecule has 1 aromatic heterocycles. The van der Waals surface area contributed by atoms with E-state index in [0.717, 1.165) is 11.1 Å². The van der Waals surface area contributed by atoms with Gasteiger partial charge in [0.05, 0.1) is 6.04 Å². The number of nitrogens with zero attached hydrogens (tertiary/aromatic N) is 1. The number of benzene rings is 2. The number of fused-ring (bicyclic) bond motifs is 1. The summed E-state index contributed by atoms with van der Waals surface area (Å²) in [4.78, 5) is 5.48. The minimum atomic E-state index is 0.0862. The molecule has 1 unspecified atom stereocenters. The molecule has 106 valence electrons. The quantitative estimate of drug-likeness (QED) is 0.429. The molecule has 1 atom stereocenters. The molecule has 3 nitrogen and oxygen atoms in total. The molecule has 0 spiro atoms. The van der Waals surface area contributed by atoms with Crippen LogP contribution in [-0.2, 0) is 0 Å². The third kappa shape index (κ3) is 3.24. The van der Waals surface area contributed by atoms with E-state index in [0.29, 0.717) is 0 Å². The normalized spacial score (nSPS) is 12.4. The van der Waals surface area contributed by atoms with Gasteiger partial charge < -0.3 is 0 Å². The van der Waals surface area contributed by atoms with Gasteiger partial charge >= 0.3 is 0 Å². The second-order valence-electron chi connectivity index (χ2n) is 4.79. The average Bonchev–Trinajstić information content (AvgIpc) is 2.56. The minimum absolute atomic E-state index is 0.0862. The van der Waals surface area contributed by atoms with Crippen molar-refractivity contribution in [1.29, 1.82) is 0 Å². The number of aromatic nitrogens is 1. The number of rotatable bonds is 5. The second-order valence-corrected chi connectivity index (χ2v) is 5.88. The molecule has 3 rings (SSSR count). The van der Waals surface area contributed by atoms with Crippen molar-refractivity contribution in [2.24, 2.45) is 5.84 Å². The van der Waals surface area contributed by atoms with Crippen molar-refractivity contribution in [3.05, 3.63) is 72.6 Å². The second kappa shape index (κ2) is 6.72. The summed E-state index contributed by atoms with van der Waals surface area (Å²) < 4.78 is 0. The Morgan fingerprint density at radius 2 is 1.90 bits per heavy atom. The Morgan fingerprint density at radius 1 is 1.05 bits per heavy atom. The molecule has 0 saturated carbocycles. The van der Waals surface area contributed by atoms with Gasteiger partial charge in [-0.3, -0.25) is 16.3 Å². The molecule has 0 aliphatic carbocycles. The summed E-state index contributed by atoms with van der Waals surface area (Å²) in [6, 6.07) is 18.7. The van der Waals surface area contributed by atoms with Crippen LogP contribution in [0.3, 0.4) is 0 Å². The van der Waals surface area contributed by atoms with Gasteiger partial charge in [-0.25, -0.2) is 0 Å². The van der Waals surface area contributed by atoms with Crippen LogP contribution in [0.25, 0.3) is 10.8 Å². The van der Waals surface area contributed by atoms with E-state index in [1.807, 2.05) is 24.5 Å². The predicted octanol–water partition coefficient (Wildman–Crippen LogP) is 3.53. The van der Waals surface area contributed by atoms with Gasteiger partial charge in [-0.05, 0) is 29.1 Å². The Kier molecular flexibility index (Phi) is 4.50. The summed E-state index contributed by atoms with van der Waals surface area (Å²) in [5.41, 5.74) is 4.12. The van der Waals surface area contributed by atoms with Crippen LogP contribution in [0.2, 0.25) is 0 Å². The fourth-order valence-electron chi connectivity index (χ4n) is 2.36. The highest BCUT2D eigenvalue weighted by atomic mass is 32.2. The lowest BCUT2D eigenvalue weighted by atomic mass is 10.0. The van der Waals surface area contributed by atoms with Gasteiger partial charge in [-0.15, -0.1) is 11.8 Å². The van der Waals surface area contributed by atoms with Crippen molar-refractivity contribution in [1.82, 2.24) is 10.4 Å². The molecule has 0 aliphatic rings. The van der Waals surface area contributed by atoms with Gasteiger partial charge in [0.15, 0.2) is 0 Å². The van der Waals surface area contributed by atoms with Crippen molar-refractivity contribution in [3.8, 4) is 0 Å². The third-order valence-corrected chi connectivity index (χ3v) is 4.56. The summed E-state index contributed by atoms with van der Waals surface area (Å²) in [6.45, 7) is 0. The maximum absolute atomic E-state index is 5.78. The smallest absolute Gasteiger partial charge is 0.0560 e. The number of thioether (sulfide) groups is 1. The molecule has 1 heterocycles. The maximum atomic E-state index is 5.78. The lowest BCUT2D eigenvalue weighted by molar-refractivity contribution is 0.614. The van der Waals surface area contributed by atoms with Crippen LogP contribution < -0.4 is 11.3 Å². The van der Waals surface area contributed by atoms with Crippen LogP contribution in [0.5, 0.6) is 0 Å². The first-order valence-electron chi connectivity index (χ1n) is 6.85. The first-order valence-corrected chi connectivity index (χ1v) is 7.83. The average molecular weight is 295 g/mol. The molecule has 0 fully saturated rings. The number of nitrogens with one attached hydrogen (secondary N) is 1. The molecule has 3 aromatic rings. The molecule has 2 aromatic carbocycles. The zero-order chi connectivity index (χ0) is 14.5. The van der Waals surface area contributed by atoms with Crippen molar-refractivity contribution in [2.45, 2.75) is 10.9 Å². The Labute approximate surface area is 128 Å². The fourth-order valence-corrected chi connectivity index (χ4v) is 3.35. The highest BCUT2D eigenvalue weighted by molar-refractivity contribution is 7.99. The standard InChI is InChI=1S/C17H17N3S/c18-20-17(12-21-14-6-2-1-3-7-14)15-8-4-5-13-9-10-19-11-16(13)15/h1-11,17,20H,12,18H2. The minimum Gasteiger partial charge on any atom is -0.271 e. The zero-order valence-electron chi connectivity index (χ0n) is 11.6. The number of hydrazine groups is 1. The van der Waals surface area contributed by atoms with E-state index in [2.05, 4.69) is 52.9 Å². The van der Waals surface area contributed by atoms with Gasteiger partial charge in [0.2, 0.25) is 0 Å². The molecule has 0 bridgehead atoms. The van der Waals surface area contributed by atoms with Crippen LogP contribution in [0.1, 0.15) is 11.6 Å². The lowest BCUT2D eigenvalue weighted by Crippen LogP contribution is -2.29. The first-order chi connectivity index (χ1) is 10.4. The Balaban J connectivity index is 1.85. The van der Waals surface area contributed by atoms with Crippen molar-refractivity contribution in [2.75, 3.05) is 5.75 Å². The van der Waals surface area contributed by atoms with Crippen LogP contribution >= 0.6 is 11.8 Å². The van der Waals surface area contributed by atoms with Crippen LogP contribution in [0, 0.1) is 0 Å².